The van der Waals surface area contributed by atoms with Crippen LogP contribution in [-0.4, -0.2) is 0 Å². The zero-order chi connectivity index (χ0) is 17.0. The zero-order valence-corrected chi connectivity index (χ0v) is 11.5. The molecule has 0 spiro atoms. The quantitative estimate of drug-likeness (QED) is 0.582. The number of nitrogens with zero attached hydrogens (tertiary/aromatic N) is 2. The van der Waals surface area contributed by atoms with Gasteiger partial charge in [-0.25, -0.2) is 4.39 Å². The second-order valence-electron chi connectivity index (χ2n) is 4.60. The van der Waals surface area contributed by atoms with Crippen molar-refractivity contribution in [3.63, 3.8) is 0 Å². The lowest BCUT2D eigenvalue weighted by atomic mass is 10.0. The molecule has 2 nitrogen and oxygen atoms in total. The van der Waals surface area contributed by atoms with Crippen LogP contribution in [0.4, 0.5) is 17.6 Å². The fourth-order valence-electron chi connectivity index (χ4n) is 1.95. The molecule has 0 N–H and O–H groups in total. The topological polar surface area (TPSA) is 47.6 Å². The van der Waals surface area contributed by atoms with E-state index in [-0.39, 0.29) is 11.1 Å². The van der Waals surface area contributed by atoms with Crippen molar-refractivity contribution >= 4 is 6.08 Å². The smallest absolute Gasteiger partial charge is 0.206 e. The first-order chi connectivity index (χ1) is 10.8. The van der Waals surface area contributed by atoms with Gasteiger partial charge in [-0.15, -0.1) is 0 Å². The van der Waals surface area contributed by atoms with Gasteiger partial charge in [0.2, 0.25) is 0 Å². The molecule has 2 aromatic carbocycles. The van der Waals surface area contributed by atoms with Gasteiger partial charge < -0.3 is 0 Å². The molecule has 0 unspecified atom stereocenters. The molecule has 0 saturated carbocycles. The summed E-state index contributed by atoms with van der Waals surface area (Å²) in [5.41, 5.74) is -0.169. The van der Waals surface area contributed by atoms with Crippen LogP contribution in [0.2, 0.25) is 0 Å². The molecule has 23 heavy (non-hydrogen) atoms. The monoisotopic (exact) mass is 316 g/mol. The summed E-state index contributed by atoms with van der Waals surface area (Å²) in [6.07, 6.45) is -3.41. The van der Waals surface area contributed by atoms with Crippen molar-refractivity contribution in [3.05, 3.63) is 65.0 Å². The van der Waals surface area contributed by atoms with Gasteiger partial charge in [0.1, 0.15) is 23.5 Å². The highest BCUT2D eigenvalue weighted by Gasteiger charge is 2.34. The Kier molecular flexibility index (Phi) is 4.47. The van der Waals surface area contributed by atoms with Crippen LogP contribution in [0.1, 0.15) is 11.1 Å². The number of hydrogen-bond donors (Lipinski definition) is 0. The number of rotatable bonds is 2. The molecule has 0 radical (unpaired) electrons. The van der Waals surface area contributed by atoms with Crippen molar-refractivity contribution < 1.29 is 17.6 Å². The fraction of sp³-hybridized carbons (Fsp3) is 0.0588. The Balaban J connectivity index is 2.40. The lowest BCUT2D eigenvalue weighted by molar-refractivity contribution is -0.139. The molecule has 0 aliphatic rings. The minimum absolute atomic E-state index is 0.0844. The summed E-state index contributed by atoms with van der Waals surface area (Å²) >= 11 is 0. The summed E-state index contributed by atoms with van der Waals surface area (Å²) in [6.45, 7) is 0. The van der Waals surface area contributed by atoms with Crippen LogP contribution in [-0.2, 0) is 6.18 Å². The second-order valence-corrected chi connectivity index (χ2v) is 4.60. The lowest BCUT2D eigenvalue weighted by Crippen LogP contribution is -2.08. The van der Waals surface area contributed by atoms with Crippen LogP contribution in [0, 0.1) is 28.5 Å². The third kappa shape index (κ3) is 3.75. The lowest BCUT2D eigenvalue weighted by Gasteiger charge is -2.10. The van der Waals surface area contributed by atoms with Gasteiger partial charge in [-0.2, -0.15) is 23.7 Å². The minimum atomic E-state index is -4.77. The van der Waals surface area contributed by atoms with Gasteiger partial charge in [0.25, 0.3) is 0 Å². The highest BCUT2D eigenvalue weighted by Crippen LogP contribution is 2.34. The Morgan fingerprint density at radius 2 is 1.48 bits per heavy atom. The van der Waals surface area contributed by atoms with E-state index in [4.69, 9.17) is 10.5 Å². The Bertz CT molecular complexity index is 819. The normalized spacial score (nSPS) is 10.5. The maximum absolute atomic E-state index is 13.3. The molecule has 6 heteroatoms. The summed E-state index contributed by atoms with van der Waals surface area (Å²) in [7, 11) is 0. The van der Waals surface area contributed by atoms with Crippen LogP contribution in [0.25, 0.3) is 17.2 Å². The van der Waals surface area contributed by atoms with E-state index < -0.39 is 17.6 Å². The van der Waals surface area contributed by atoms with Gasteiger partial charge in [0.05, 0.1) is 5.56 Å². The SMILES string of the molecule is N#CC(C#N)=Cc1ccc(-c2ccc(F)c(C(F)(F)F)c2)cc1. The molecule has 2 rings (SSSR count). The number of alkyl halides is 3. The zero-order valence-electron chi connectivity index (χ0n) is 11.5. The molecule has 0 saturated heterocycles. The fourth-order valence-corrected chi connectivity index (χ4v) is 1.95. The first-order valence-electron chi connectivity index (χ1n) is 6.34. The van der Waals surface area contributed by atoms with Crippen molar-refractivity contribution in [2.45, 2.75) is 6.18 Å². The molecule has 0 aromatic heterocycles. The molecule has 0 fully saturated rings. The van der Waals surface area contributed by atoms with E-state index in [0.29, 0.717) is 11.1 Å². The average molecular weight is 316 g/mol. The van der Waals surface area contributed by atoms with E-state index in [1.165, 1.54) is 24.3 Å². The second kappa shape index (κ2) is 6.33. The Morgan fingerprint density at radius 3 is 2.00 bits per heavy atom. The summed E-state index contributed by atoms with van der Waals surface area (Å²) in [4.78, 5) is 0. The van der Waals surface area contributed by atoms with Crippen molar-refractivity contribution in [1.82, 2.24) is 0 Å². The molecular formula is C17H8F4N2. The van der Waals surface area contributed by atoms with Crippen molar-refractivity contribution in [3.8, 4) is 23.3 Å². The first kappa shape index (κ1) is 16.3. The van der Waals surface area contributed by atoms with E-state index in [0.717, 1.165) is 12.1 Å². The van der Waals surface area contributed by atoms with E-state index >= 15 is 0 Å². The molecular weight excluding hydrogens is 308 g/mol. The van der Waals surface area contributed by atoms with E-state index in [1.54, 1.807) is 24.3 Å². The van der Waals surface area contributed by atoms with Crippen LogP contribution < -0.4 is 0 Å². The Labute approximate surface area is 129 Å². The molecule has 0 aliphatic heterocycles. The molecule has 0 heterocycles. The van der Waals surface area contributed by atoms with Crippen LogP contribution >= 0.6 is 0 Å². The predicted molar refractivity (Wildman–Crippen MR) is 76.0 cm³/mol. The minimum Gasteiger partial charge on any atom is -0.206 e. The van der Waals surface area contributed by atoms with E-state index in [2.05, 4.69) is 0 Å². The molecule has 114 valence electrons. The van der Waals surface area contributed by atoms with Crippen molar-refractivity contribution in [2.75, 3.05) is 0 Å². The summed E-state index contributed by atoms with van der Waals surface area (Å²) in [6, 6.07) is 12.4. The van der Waals surface area contributed by atoms with Gasteiger partial charge in [-0.3, -0.25) is 0 Å². The number of allylic oxidation sites excluding steroid dienone is 1. The van der Waals surface area contributed by atoms with Gasteiger partial charge >= 0.3 is 6.18 Å². The number of nitriles is 2. The van der Waals surface area contributed by atoms with E-state index in [9.17, 15) is 17.6 Å². The number of halogens is 4. The average Bonchev–Trinajstić information content (AvgIpc) is 2.52. The first-order valence-corrected chi connectivity index (χ1v) is 6.34. The Morgan fingerprint density at radius 1 is 0.913 bits per heavy atom. The van der Waals surface area contributed by atoms with Gasteiger partial charge in [-0.05, 0) is 34.9 Å². The molecule has 0 aliphatic carbocycles. The maximum atomic E-state index is 13.3. The molecule has 0 amide bonds. The molecule has 0 bridgehead atoms. The summed E-state index contributed by atoms with van der Waals surface area (Å²) in [5, 5.41) is 17.3. The molecule has 0 atom stereocenters. The Hall–Kier alpha value is -3.12. The summed E-state index contributed by atoms with van der Waals surface area (Å²) in [5.74, 6) is -1.33. The maximum Gasteiger partial charge on any atom is 0.419 e. The van der Waals surface area contributed by atoms with E-state index in [1.807, 2.05) is 0 Å². The standard InChI is InChI=1S/C17H8F4N2/c18-16-6-5-14(8-15(16)17(19,20)21)13-3-1-11(2-4-13)7-12(9-22)10-23/h1-8H. The largest absolute Gasteiger partial charge is 0.419 e. The van der Waals surface area contributed by atoms with Crippen LogP contribution in [0.3, 0.4) is 0 Å². The number of benzene rings is 2. The third-order valence-electron chi connectivity index (χ3n) is 3.07. The predicted octanol–water partition coefficient (Wildman–Crippen LogP) is 4.94. The summed E-state index contributed by atoms with van der Waals surface area (Å²) < 4.78 is 51.4. The van der Waals surface area contributed by atoms with Gasteiger partial charge in [0, 0.05) is 0 Å². The van der Waals surface area contributed by atoms with Gasteiger partial charge in [-0.1, -0.05) is 30.3 Å². The van der Waals surface area contributed by atoms with Crippen LogP contribution in [0.15, 0.2) is 48.0 Å². The molecule has 2 aromatic rings. The van der Waals surface area contributed by atoms with Crippen molar-refractivity contribution in [1.29, 1.82) is 10.5 Å². The highest BCUT2D eigenvalue weighted by molar-refractivity contribution is 5.68. The number of hydrogen-bond acceptors (Lipinski definition) is 2. The van der Waals surface area contributed by atoms with Crippen LogP contribution in [0.5, 0.6) is 0 Å². The highest BCUT2D eigenvalue weighted by atomic mass is 19.4. The third-order valence-corrected chi connectivity index (χ3v) is 3.07. The van der Waals surface area contributed by atoms with Crippen molar-refractivity contribution in [2.24, 2.45) is 0 Å². The van der Waals surface area contributed by atoms with Gasteiger partial charge in [0.15, 0.2) is 0 Å².